The van der Waals surface area contributed by atoms with Crippen molar-refractivity contribution in [3.63, 3.8) is 0 Å². The molecule has 0 saturated heterocycles. The Kier molecular flexibility index (Phi) is 7.85. The van der Waals surface area contributed by atoms with Gasteiger partial charge in [-0.3, -0.25) is 4.98 Å². The summed E-state index contributed by atoms with van der Waals surface area (Å²) in [7, 11) is -4.07. The predicted octanol–water partition coefficient (Wildman–Crippen LogP) is 7.10. The molecule has 2 aromatic heterocycles. The fourth-order valence-electron chi connectivity index (χ4n) is 3.44. The minimum absolute atomic E-state index is 0.105. The number of rotatable bonds is 7. The summed E-state index contributed by atoms with van der Waals surface area (Å²) in [6, 6.07) is 12.2. The Morgan fingerprint density at radius 3 is 2.28 bits per heavy atom. The summed E-state index contributed by atoms with van der Waals surface area (Å²) < 4.78 is 73.4. The average molecular weight is 577 g/mol. The number of nitrogens with zero attached hydrogens (tertiary/aromatic N) is 3. The third kappa shape index (κ3) is 7.04. The Morgan fingerprint density at radius 2 is 1.67 bits per heavy atom. The second kappa shape index (κ2) is 10.8. The molecule has 4 rings (SSSR count). The first-order valence-corrected chi connectivity index (χ1v) is 13.5. The van der Waals surface area contributed by atoms with Crippen LogP contribution in [0.3, 0.4) is 0 Å². The molecule has 0 aliphatic carbocycles. The van der Waals surface area contributed by atoms with Gasteiger partial charge in [0, 0.05) is 29.7 Å². The molecule has 204 valence electrons. The topological polar surface area (TPSA) is 94.1 Å². The van der Waals surface area contributed by atoms with Gasteiger partial charge in [0.05, 0.1) is 22.9 Å². The molecule has 2 aromatic carbocycles. The minimum atomic E-state index is -4.52. The van der Waals surface area contributed by atoms with Crippen molar-refractivity contribution >= 4 is 27.6 Å². The molecule has 0 aliphatic rings. The lowest BCUT2D eigenvalue weighted by Crippen LogP contribution is -2.17. The summed E-state index contributed by atoms with van der Waals surface area (Å²) >= 11 is 6.34. The quantitative estimate of drug-likeness (QED) is 0.252. The Bertz CT molecular complexity index is 1580. The van der Waals surface area contributed by atoms with Crippen molar-refractivity contribution in [2.45, 2.75) is 31.8 Å². The van der Waals surface area contributed by atoms with E-state index in [9.17, 15) is 21.6 Å². The van der Waals surface area contributed by atoms with Gasteiger partial charge >= 0.3 is 6.18 Å². The summed E-state index contributed by atoms with van der Waals surface area (Å²) in [4.78, 5) is 12.3. The van der Waals surface area contributed by atoms with Crippen LogP contribution in [-0.2, 0) is 16.2 Å². The molecule has 0 atom stereocenters. The van der Waals surface area contributed by atoms with Gasteiger partial charge in [0.2, 0.25) is 5.95 Å². The minimum Gasteiger partial charge on any atom is -0.491 e. The number of benzene rings is 2. The van der Waals surface area contributed by atoms with E-state index in [2.05, 4.69) is 19.7 Å². The third-order valence-corrected chi connectivity index (χ3v) is 6.97. The largest absolute Gasteiger partial charge is 0.491 e. The number of ether oxygens (including phenoxy) is 1. The highest BCUT2D eigenvalue weighted by molar-refractivity contribution is 7.92. The zero-order chi connectivity index (χ0) is 28.4. The van der Waals surface area contributed by atoms with Crippen molar-refractivity contribution in [1.29, 1.82) is 0 Å². The van der Waals surface area contributed by atoms with Gasteiger partial charge in [0.1, 0.15) is 10.6 Å². The maximum Gasteiger partial charge on any atom is 0.416 e. The molecule has 39 heavy (non-hydrogen) atoms. The van der Waals surface area contributed by atoms with Gasteiger partial charge in [-0.15, -0.1) is 0 Å². The first-order chi connectivity index (χ1) is 18.2. The second-order valence-electron chi connectivity index (χ2n) is 9.82. The van der Waals surface area contributed by atoms with E-state index in [1.54, 1.807) is 18.2 Å². The molecule has 7 nitrogen and oxygen atoms in total. The molecule has 4 aromatic rings. The average Bonchev–Trinajstić information content (AvgIpc) is 2.88. The fourth-order valence-corrected chi connectivity index (χ4v) is 4.53. The van der Waals surface area contributed by atoms with Gasteiger partial charge in [-0.2, -0.15) is 13.2 Å². The lowest BCUT2D eigenvalue weighted by Gasteiger charge is -2.20. The molecule has 0 unspecified atom stereocenters. The lowest BCUT2D eigenvalue weighted by atomic mass is 9.98. The van der Waals surface area contributed by atoms with E-state index in [0.717, 1.165) is 12.1 Å². The van der Waals surface area contributed by atoms with Crippen molar-refractivity contribution in [3.8, 4) is 28.1 Å². The number of pyridine rings is 1. The summed E-state index contributed by atoms with van der Waals surface area (Å²) in [6.45, 7) is 6.40. The molecule has 0 amide bonds. The highest BCUT2D eigenvalue weighted by Gasteiger charge is 2.30. The van der Waals surface area contributed by atoms with Crippen LogP contribution in [0.5, 0.6) is 5.75 Å². The van der Waals surface area contributed by atoms with E-state index >= 15 is 0 Å². The second-order valence-corrected chi connectivity index (χ2v) is 11.9. The molecule has 0 bridgehead atoms. The molecular weight excluding hydrogens is 553 g/mol. The summed E-state index contributed by atoms with van der Waals surface area (Å²) in [5.41, 5.74) is 0.543. The van der Waals surface area contributed by atoms with Crippen molar-refractivity contribution in [1.82, 2.24) is 15.0 Å². The van der Waals surface area contributed by atoms with Crippen LogP contribution in [0, 0.1) is 5.41 Å². The van der Waals surface area contributed by atoms with Crippen LogP contribution in [0.15, 0.2) is 78.1 Å². The Morgan fingerprint density at radius 1 is 0.974 bits per heavy atom. The molecule has 12 heteroatoms. The fraction of sp³-hybridized carbons (Fsp3) is 0.222. The van der Waals surface area contributed by atoms with Crippen molar-refractivity contribution in [2.24, 2.45) is 5.41 Å². The van der Waals surface area contributed by atoms with Crippen molar-refractivity contribution in [2.75, 3.05) is 11.3 Å². The van der Waals surface area contributed by atoms with Gasteiger partial charge in [0.15, 0.2) is 0 Å². The number of hydrogen-bond acceptors (Lipinski definition) is 6. The predicted molar refractivity (Wildman–Crippen MR) is 143 cm³/mol. The molecule has 0 fully saturated rings. The zero-order valence-electron chi connectivity index (χ0n) is 21.1. The third-order valence-electron chi connectivity index (χ3n) is 5.35. The Balaban J connectivity index is 1.80. The van der Waals surface area contributed by atoms with E-state index in [4.69, 9.17) is 16.3 Å². The van der Waals surface area contributed by atoms with E-state index in [0.29, 0.717) is 34.1 Å². The maximum atomic E-state index is 13.2. The molecule has 2 heterocycles. The number of hydrogen-bond donors (Lipinski definition) is 1. The summed E-state index contributed by atoms with van der Waals surface area (Å²) in [5, 5.41) is 0.376. The van der Waals surface area contributed by atoms with Crippen LogP contribution in [0.1, 0.15) is 26.3 Å². The number of aromatic nitrogens is 3. The van der Waals surface area contributed by atoms with Crippen LogP contribution in [-0.4, -0.2) is 30.0 Å². The maximum absolute atomic E-state index is 13.2. The first kappa shape index (κ1) is 28.3. The molecule has 0 aliphatic heterocycles. The van der Waals surface area contributed by atoms with Crippen LogP contribution in [0.4, 0.5) is 19.1 Å². The Hall–Kier alpha value is -3.70. The smallest absolute Gasteiger partial charge is 0.416 e. The van der Waals surface area contributed by atoms with Crippen molar-refractivity contribution in [3.05, 3.63) is 83.8 Å². The zero-order valence-corrected chi connectivity index (χ0v) is 22.7. The van der Waals surface area contributed by atoms with E-state index < -0.39 is 21.8 Å². The molecule has 0 saturated carbocycles. The van der Waals surface area contributed by atoms with Crippen LogP contribution in [0.25, 0.3) is 22.4 Å². The monoisotopic (exact) mass is 576 g/mol. The Labute approximate surface area is 229 Å². The first-order valence-electron chi connectivity index (χ1n) is 11.6. The van der Waals surface area contributed by atoms with Crippen LogP contribution in [0.2, 0.25) is 5.02 Å². The van der Waals surface area contributed by atoms with Crippen LogP contribution < -0.4 is 9.46 Å². The van der Waals surface area contributed by atoms with Gasteiger partial charge in [-0.25, -0.2) is 23.1 Å². The molecule has 1 N–H and O–H groups in total. The number of anilines is 1. The summed E-state index contributed by atoms with van der Waals surface area (Å²) in [6.07, 6.45) is -0.538. The van der Waals surface area contributed by atoms with Gasteiger partial charge in [0.25, 0.3) is 10.0 Å². The number of alkyl halides is 3. The number of sulfonamides is 1. The number of nitrogens with one attached hydrogen (secondary N) is 1. The SMILES string of the molecule is CC(C)(C)COc1cc(-c2cnc(NS(=O)(=O)c3cccnc3)nc2-c2ccc(C(F)(F)F)cc2)ccc1Cl. The molecule has 0 radical (unpaired) electrons. The molecular formula is C27H24ClF3N4O3S. The van der Waals surface area contributed by atoms with E-state index in [1.165, 1.54) is 42.9 Å². The van der Waals surface area contributed by atoms with Gasteiger partial charge < -0.3 is 4.74 Å². The lowest BCUT2D eigenvalue weighted by molar-refractivity contribution is -0.137. The standard InChI is InChI=1S/C27H24ClF3N4O3S/c1-26(2,3)16-38-23-13-18(8-11-22(23)28)21-15-33-25(35-39(36,37)20-5-4-12-32-14-20)34-24(21)17-6-9-19(10-7-17)27(29,30)31/h4-15H,16H2,1-3H3,(H,33,34,35). The normalized spacial score (nSPS) is 12.3. The van der Waals surface area contributed by atoms with E-state index in [-0.39, 0.29) is 22.0 Å². The van der Waals surface area contributed by atoms with Crippen LogP contribution >= 0.6 is 11.6 Å². The number of halogens is 4. The molecule has 0 spiro atoms. The van der Waals surface area contributed by atoms with Gasteiger partial charge in [-0.05, 0) is 47.4 Å². The highest BCUT2D eigenvalue weighted by Crippen LogP contribution is 2.37. The van der Waals surface area contributed by atoms with Crippen molar-refractivity contribution < 1.29 is 26.3 Å². The van der Waals surface area contributed by atoms with Gasteiger partial charge in [-0.1, -0.05) is 50.6 Å². The van der Waals surface area contributed by atoms with E-state index in [1.807, 2.05) is 20.8 Å². The summed E-state index contributed by atoms with van der Waals surface area (Å²) in [5.74, 6) is 0.138. The highest BCUT2D eigenvalue weighted by atomic mass is 35.5.